The predicted molar refractivity (Wildman–Crippen MR) is 171 cm³/mol. The van der Waals surface area contributed by atoms with Gasteiger partial charge in [-0.05, 0) is 0 Å². The molecule has 1 fully saturated rings. The van der Waals surface area contributed by atoms with Crippen molar-refractivity contribution in [2.24, 2.45) is 0 Å². The monoisotopic (exact) mass is 572 g/mol. The maximum Gasteiger partial charge on any atom is 0.257 e. The van der Waals surface area contributed by atoms with Gasteiger partial charge in [0.25, 0.3) is 11.6 Å². The Bertz CT molecular complexity index is 1890. The van der Waals surface area contributed by atoms with Crippen LogP contribution in [-0.4, -0.2) is 0 Å². The van der Waals surface area contributed by atoms with Crippen molar-refractivity contribution in [3.8, 4) is 22.6 Å². The second-order valence-electron chi connectivity index (χ2n) is 10.8. The zero-order valence-corrected chi connectivity index (χ0v) is 23.8. The van der Waals surface area contributed by atoms with Gasteiger partial charge in [0, 0.05) is 44.2 Å². The summed E-state index contributed by atoms with van der Waals surface area (Å²) in [5.74, 6) is -0.170. The van der Waals surface area contributed by atoms with E-state index in [-0.39, 0.29) is 0 Å². The predicted octanol–water partition coefficient (Wildman–Crippen LogP) is 9.85. The molecule has 2 bridgehead atoms. The summed E-state index contributed by atoms with van der Waals surface area (Å²) in [6.45, 7) is 0. The van der Waals surface area contributed by atoms with Crippen LogP contribution in [0, 0.1) is 0 Å². The molecule has 0 radical (unpaired) electrons. The minimum atomic E-state index is -1.02. The van der Waals surface area contributed by atoms with Gasteiger partial charge < -0.3 is 4.42 Å². The van der Waals surface area contributed by atoms with Crippen molar-refractivity contribution < 1.29 is 18.9 Å². The zero-order valence-electron chi connectivity index (χ0n) is 23.8. The molecule has 0 spiro atoms. The first-order valence-corrected chi connectivity index (χ1v) is 14.7. The van der Waals surface area contributed by atoms with Crippen molar-refractivity contribution in [1.82, 2.24) is 0 Å². The minimum Gasteiger partial charge on any atom is -0.455 e. The van der Waals surface area contributed by atoms with E-state index in [4.69, 9.17) is 18.9 Å². The van der Waals surface area contributed by atoms with Crippen LogP contribution in [0.4, 0.5) is 0 Å². The van der Waals surface area contributed by atoms with Crippen LogP contribution >= 0.6 is 0 Å². The highest BCUT2D eigenvalue weighted by molar-refractivity contribution is 6.02. The normalized spacial score (nSPS) is 19.7. The lowest BCUT2D eigenvalue weighted by Gasteiger charge is -2.26. The molecule has 44 heavy (non-hydrogen) atoms. The quantitative estimate of drug-likeness (QED) is 0.197. The molecule has 3 heterocycles. The summed E-state index contributed by atoms with van der Waals surface area (Å²) >= 11 is 0. The lowest BCUT2D eigenvalue weighted by molar-refractivity contribution is -0.351. The molecule has 1 saturated heterocycles. The molecule has 6 aromatic carbocycles. The third-order valence-corrected chi connectivity index (χ3v) is 8.20. The summed E-state index contributed by atoms with van der Waals surface area (Å²) < 4.78 is 12.7. The Kier molecular flexibility index (Phi) is 6.46. The van der Waals surface area contributed by atoms with Crippen LogP contribution in [-0.2, 0) is 26.1 Å². The van der Waals surface area contributed by atoms with Crippen LogP contribution in [0.5, 0.6) is 0 Å². The molecule has 0 N–H and O–H groups in total. The topological polar surface area (TPSA) is 40.8 Å². The van der Waals surface area contributed by atoms with Gasteiger partial charge in [0.15, 0.2) is 0 Å². The third kappa shape index (κ3) is 4.20. The lowest BCUT2D eigenvalue weighted by Crippen LogP contribution is -2.28. The molecule has 2 aliphatic rings. The summed E-state index contributed by atoms with van der Waals surface area (Å²) in [6.07, 6.45) is 0. The van der Waals surface area contributed by atoms with E-state index in [9.17, 15) is 0 Å². The van der Waals surface area contributed by atoms with Gasteiger partial charge in [-0.25, -0.2) is 0 Å². The van der Waals surface area contributed by atoms with Crippen molar-refractivity contribution >= 4 is 10.8 Å². The summed E-state index contributed by atoms with van der Waals surface area (Å²) in [6, 6.07) is 56.7. The maximum atomic E-state index is 6.45. The first-order chi connectivity index (χ1) is 21.8. The van der Waals surface area contributed by atoms with E-state index in [1.54, 1.807) is 0 Å². The molecular weight excluding hydrogens is 544 g/mol. The fraction of sp³-hybridized carbons (Fsp3) is 0.0500. The highest BCUT2D eigenvalue weighted by atomic mass is 17.3. The number of hydrogen-bond acceptors (Lipinski definition) is 4. The van der Waals surface area contributed by atoms with E-state index in [1.807, 2.05) is 121 Å². The highest BCUT2D eigenvalue weighted by Gasteiger charge is 2.65. The van der Waals surface area contributed by atoms with Crippen LogP contribution in [0.25, 0.3) is 33.4 Å². The van der Waals surface area contributed by atoms with Crippen LogP contribution in [0.2, 0.25) is 0 Å². The molecular formula is C40H28O4. The van der Waals surface area contributed by atoms with Crippen LogP contribution in [0.3, 0.4) is 0 Å². The standard InChI is InChI=1S/C20H14O3.C20H14O/c1-3-9-15(10-4-1)19-17-13-7-8-14-18(17)20(21-19,23-22-19)16-11-5-2-6-12-16;1-3-9-15(10-4-1)19-17-13-7-8-14-18(17)20(21-19)16-11-5-2-6-12-16/h1-14H;1-14H/t19-,20+;. The Balaban J connectivity index is 0.000000132. The molecule has 1 aromatic heterocycles. The van der Waals surface area contributed by atoms with E-state index < -0.39 is 11.6 Å². The van der Waals surface area contributed by atoms with Crippen molar-refractivity contribution in [3.63, 3.8) is 0 Å². The van der Waals surface area contributed by atoms with Crippen molar-refractivity contribution in [2.45, 2.75) is 11.6 Å². The zero-order chi connectivity index (χ0) is 29.4. The van der Waals surface area contributed by atoms with E-state index in [2.05, 4.69) is 48.5 Å². The summed E-state index contributed by atoms with van der Waals surface area (Å²) in [5, 5.41) is 2.31. The second kappa shape index (κ2) is 10.8. The minimum absolute atomic E-state index is 0.919. The fourth-order valence-electron chi connectivity index (χ4n) is 6.15. The molecule has 9 rings (SSSR count). The van der Waals surface area contributed by atoms with Gasteiger partial charge in [-0.1, -0.05) is 170 Å². The van der Waals surface area contributed by atoms with E-state index in [0.29, 0.717) is 0 Å². The molecule has 0 unspecified atom stereocenters. The number of furan rings is 1. The Labute approximate surface area is 255 Å². The molecule has 212 valence electrons. The molecule has 4 heteroatoms. The number of hydrogen-bond donors (Lipinski definition) is 0. The van der Waals surface area contributed by atoms with E-state index >= 15 is 0 Å². The first-order valence-electron chi connectivity index (χ1n) is 14.7. The number of rotatable bonds is 4. The van der Waals surface area contributed by atoms with Gasteiger partial charge in [0.05, 0.1) is 0 Å². The average Bonchev–Trinajstić information content (AvgIpc) is 3.80. The van der Waals surface area contributed by atoms with E-state index in [0.717, 1.165) is 55.7 Å². The largest absolute Gasteiger partial charge is 0.455 e. The number of ether oxygens (including phenoxy) is 1. The van der Waals surface area contributed by atoms with Gasteiger partial charge >= 0.3 is 0 Å². The van der Waals surface area contributed by atoms with Gasteiger partial charge in [0.1, 0.15) is 11.5 Å². The highest BCUT2D eigenvalue weighted by Crippen LogP contribution is 2.60. The number of fused-ring (bicyclic) bond motifs is 6. The SMILES string of the molecule is c1ccc(-c2oc(-c3ccccc3)c3ccccc23)cc1.c1ccc([C@]23OO[C@](c4ccccc4)(O2)c2ccccc23)cc1. The van der Waals surface area contributed by atoms with Crippen molar-refractivity contribution in [3.05, 3.63) is 192 Å². The van der Waals surface area contributed by atoms with Crippen LogP contribution in [0.15, 0.2) is 174 Å². The summed E-state index contributed by atoms with van der Waals surface area (Å²) in [7, 11) is 0. The molecule has 2 aliphatic heterocycles. The summed E-state index contributed by atoms with van der Waals surface area (Å²) in [4.78, 5) is 11.6. The molecule has 7 aromatic rings. The Morgan fingerprint density at radius 3 is 1.09 bits per heavy atom. The van der Waals surface area contributed by atoms with Gasteiger partial charge in [-0.3, -0.25) is 4.74 Å². The van der Waals surface area contributed by atoms with E-state index in [1.165, 1.54) is 0 Å². The average molecular weight is 573 g/mol. The molecule has 0 aliphatic carbocycles. The molecule has 2 atom stereocenters. The Hall–Kier alpha value is -5.26. The second-order valence-corrected chi connectivity index (χ2v) is 10.8. The number of benzene rings is 6. The van der Waals surface area contributed by atoms with Gasteiger partial charge in [-0.15, -0.1) is 0 Å². The fourth-order valence-corrected chi connectivity index (χ4v) is 6.15. The van der Waals surface area contributed by atoms with Gasteiger partial charge in [-0.2, -0.15) is 9.78 Å². The molecule has 0 saturated carbocycles. The first kappa shape index (κ1) is 26.4. The molecule has 0 amide bonds. The smallest absolute Gasteiger partial charge is 0.257 e. The van der Waals surface area contributed by atoms with Crippen molar-refractivity contribution in [2.75, 3.05) is 0 Å². The molecule has 4 nitrogen and oxygen atoms in total. The maximum absolute atomic E-state index is 6.45. The lowest BCUT2D eigenvalue weighted by atomic mass is 9.90. The Morgan fingerprint density at radius 2 is 0.682 bits per heavy atom. The van der Waals surface area contributed by atoms with Crippen LogP contribution in [0.1, 0.15) is 22.3 Å². The Morgan fingerprint density at radius 1 is 0.341 bits per heavy atom. The van der Waals surface area contributed by atoms with Crippen molar-refractivity contribution in [1.29, 1.82) is 0 Å². The van der Waals surface area contributed by atoms with Crippen LogP contribution < -0.4 is 0 Å². The third-order valence-electron chi connectivity index (χ3n) is 8.20. The van der Waals surface area contributed by atoms with Gasteiger partial charge in [0.2, 0.25) is 0 Å². The summed E-state index contributed by atoms with van der Waals surface area (Å²) in [5.41, 5.74) is 6.03.